The van der Waals surface area contributed by atoms with Crippen molar-refractivity contribution >= 4 is 24.7 Å². The summed E-state index contributed by atoms with van der Waals surface area (Å²) in [7, 11) is -2.53. The molecule has 14 heavy (non-hydrogen) atoms. The van der Waals surface area contributed by atoms with E-state index in [1.54, 1.807) is 0 Å². The predicted molar refractivity (Wildman–Crippen MR) is 63.6 cm³/mol. The molecule has 0 aromatic rings. The normalized spacial score (nSPS) is 12.6. The standard InChI is InChI=1S/C9H19BrO3Si/c1-4-11-14(12-5-2,13-6-3)9-7-8-10/h7,9H,4-6,8H2,1-3H3. The topological polar surface area (TPSA) is 27.7 Å². The first-order chi connectivity index (χ1) is 6.74. The first-order valence-corrected chi connectivity index (χ1v) is 7.82. The third kappa shape index (κ3) is 5.26. The molecule has 0 bridgehead atoms. The van der Waals surface area contributed by atoms with E-state index in [1.165, 1.54) is 0 Å². The lowest BCUT2D eigenvalue weighted by Crippen LogP contribution is -2.44. The molecule has 0 aromatic carbocycles. The lowest BCUT2D eigenvalue weighted by Gasteiger charge is -2.25. The molecule has 0 unspecified atom stereocenters. The van der Waals surface area contributed by atoms with E-state index in [2.05, 4.69) is 15.9 Å². The van der Waals surface area contributed by atoms with E-state index in [1.807, 2.05) is 32.5 Å². The van der Waals surface area contributed by atoms with Crippen LogP contribution in [0.4, 0.5) is 0 Å². The summed E-state index contributed by atoms with van der Waals surface area (Å²) in [6.45, 7) is 7.67. The van der Waals surface area contributed by atoms with Crippen molar-refractivity contribution in [1.82, 2.24) is 0 Å². The van der Waals surface area contributed by atoms with Gasteiger partial charge in [-0.3, -0.25) is 0 Å². The molecule has 0 fully saturated rings. The van der Waals surface area contributed by atoms with Crippen molar-refractivity contribution in [2.45, 2.75) is 20.8 Å². The SMILES string of the molecule is CCO[Si](C=CCBr)(OCC)OCC. The maximum atomic E-state index is 5.60. The van der Waals surface area contributed by atoms with Crippen LogP contribution in [0, 0.1) is 0 Å². The molecule has 0 radical (unpaired) electrons. The molecule has 0 saturated carbocycles. The Morgan fingerprint density at radius 2 is 1.43 bits per heavy atom. The molecule has 0 aliphatic rings. The van der Waals surface area contributed by atoms with Crippen molar-refractivity contribution in [3.05, 3.63) is 11.8 Å². The van der Waals surface area contributed by atoms with E-state index in [0.29, 0.717) is 19.8 Å². The third-order valence-electron chi connectivity index (χ3n) is 1.45. The van der Waals surface area contributed by atoms with E-state index in [9.17, 15) is 0 Å². The summed E-state index contributed by atoms with van der Waals surface area (Å²) in [6.07, 6.45) is 1.97. The van der Waals surface area contributed by atoms with Gasteiger partial charge in [-0.25, -0.2) is 0 Å². The van der Waals surface area contributed by atoms with Crippen molar-refractivity contribution in [3.8, 4) is 0 Å². The molecule has 0 amide bonds. The van der Waals surface area contributed by atoms with Gasteiger partial charge in [0.25, 0.3) is 0 Å². The van der Waals surface area contributed by atoms with Gasteiger partial charge in [0, 0.05) is 25.2 Å². The monoisotopic (exact) mass is 282 g/mol. The van der Waals surface area contributed by atoms with Crippen LogP contribution in [0.3, 0.4) is 0 Å². The number of hydrogen-bond donors (Lipinski definition) is 0. The quantitative estimate of drug-likeness (QED) is 0.506. The molecule has 0 aromatic heterocycles. The van der Waals surface area contributed by atoms with E-state index < -0.39 is 8.80 Å². The second-order valence-corrected chi connectivity index (χ2v) is 5.51. The van der Waals surface area contributed by atoms with Crippen LogP contribution >= 0.6 is 15.9 Å². The van der Waals surface area contributed by atoms with E-state index in [4.69, 9.17) is 13.3 Å². The number of rotatable bonds is 8. The summed E-state index contributed by atoms with van der Waals surface area (Å²) in [6, 6.07) is 0. The van der Waals surface area contributed by atoms with Crippen molar-refractivity contribution in [2.75, 3.05) is 25.2 Å². The van der Waals surface area contributed by atoms with Gasteiger partial charge in [0.05, 0.1) is 0 Å². The Balaban J connectivity index is 4.45. The molecule has 3 nitrogen and oxygen atoms in total. The lowest BCUT2D eigenvalue weighted by atomic mass is 10.8. The van der Waals surface area contributed by atoms with Crippen LogP contribution in [0.5, 0.6) is 0 Å². The van der Waals surface area contributed by atoms with Gasteiger partial charge in [-0.1, -0.05) is 22.0 Å². The van der Waals surface area contributed by atoms with Gasteiger partial charge >= 0.3 is 8.80 Å². The molecule has 0 N–H and O–H groups in total. The molecule has 84 valence electrons. The molecular weight excluding hydrogens is 264 g/mol. The molecular formula is C9H19BrO3Si. The molecule has 0 heterocycles. The van der Waals surface area contributed by atoms with Gasteiger partial charge in [-0.15, -0.1) is 0 Å². The maximum Gasteiger partial charge on any atom is 0.529 e. The fourth-order valence-corrected chi connectivity index (χ4v) is 3.75. The van der Waals surface area contributed by atoms with Crippen LogP contribution in [0.25, 0.3) is 0 Å². The van der Waals surface area contributed by atoms with Gasteiger partial charge in [0.1, 0.15) is 0 Å². The minimum Gasteiger partial charge on any atom is -0.371 e. The maximum absolute atomic E-state index is 5.60. The predicted octanol–water partition coefficient (Wildman–Crippen LogP) is 2.53. The largest absolute Gasteiger partial charge is 0.529 e. The minimum absolute atomic E-state index is 0.610. The summed E-state index contributed by atoms with van der Waals surface area (Å²) in [4.78, 5) is 0. The van der Waals surface area contributed by atoms with Crippen molar-refractivity contribution in [2.24, 2.45) is 0 Å². The molecule has 0 aliphatic heterocycles. The Hall–Kier alpha value is 0.317. The van der Waals surface area contributed by atoms with E-state index >= 15 is 0 Å². The van der Waals surface area contributed by atoms with Gasteiger partial charge < -0.3 is 13.3 Å². The van der Waals surface area contributed by atoms with Crippen molar-refractivity contribution < 1.29 is 13.3 Å². The summed E-state index contributed by atoms with van der Waals surface area (Å²) in [5.74, 6) is 0. The Kier molecular flexibility index (Phi) is 8.81. The second kappa shape index (κ2) is 8.61. The van der Waals surface area contributed by atoms with Crippen LogP contribution in [-0.2, 0) is 13.3 Å². The van der Waals surface area contributed by atoms with E-state index in [0.717, 1.165) is 5.33 Å². The van der Waals surface area contributed by atoms with Gasteiger partial charge in [-0.2, -0.15) is 0 Å². The van der Waals surface area contributed by atoms with Gasteiger partial charge in [-0.05, 0) is 26.5 Å². The third-order valence-corrected chi connectivity index (χ3v) is 4.54. The summed E-state index contributed by atoms with van der Waals surface area (Å²) >= 11 is 3.32. The van der Waals surface area contributed by atoms with Crippen molar-refractivity contribution in [3.63, 3.8) is 0 Å². The highest BCUT2D eigenvalue weighted by atomic mass is 79.9. The summed E-state index contributed by atoms with van der Waals surface area (Å²) in [5, 5.41) is 0.787. The highest BCUT2D eigenvalue weighted by Crippen LogP contribution is 2.12. The highest BCUT2D eigenvalue weighted by molar-refractivity contribution is 9.09. The smallest absolute Gasteiger partial charge is 0.371 e. The Labute approximate surface area is 95.9 Å². The molecule has 0 saturated heterocycles. The number of halogens is 1. The fraction of sp³-hybridized carbons (Fsp3) is 0.778. The van der Waals surface area contributed by atoms with E-state index in [-0.39, 0.29) is 0 Å². The molecule has 0 spiro atoms. The van der Waals surface area contributed by atoms with Crippen LogP contribution in [0.2, 0.25) is 0 Å². The molecule has 0 aliphatic carbocycles. The first kappa shape index (κ1) is 14.3. The van der Waals surface area contributed by atoms with Crippen LogP contribution in [-0.4, -0.2) is 34.0 Å². The van der Waals surface area contributed by atoms with Crippen LogP contribution in [0.1, 0.15) is 20.8 Å². The van der Waals surface area contributed by atoms with Gasteiger partial charge in [0.2, 0.25) is 0 Å². The average Bonchev–Trinajstić information content (AvgIpc) is 2.16. The zero-order valence-corrected chi connectivity index (χ0v) is 11.7. The first-order valence-electron chi connectivity index (χ1n) is 4.90. The number of alkyl halides is 1. The summed E-state index contributed by atoms with van der Waals surface area (Å²) in [5.41, 5.74) is 1.93. The molecule has 0 rings (SSSR count). The average molecular weight is 283 g/mol. The molecule has 5 heteroatoms. The number of hydrogen-bond acceptors (Lipinski definition) is 3. The lowest BCUT2D eigenvalue weighted by molar-refractivity contribution is 0.0842. The second-order valence-electron chi connectivity index (χ2n) is 2.46. The zero-order valence-electron chi connectivity index (χ0n) is 9.09. The van der Waals surface area contributed by atoms with Crippen LogP contribution < -0.4 is 0 Å². The van der Waals surface area contributed by atoms with Crippen LogP contribution in [0.15, 0.2) is 11.8 Å². The number of allylic oxidation sites excluding steroid dienone is 1. The fourth-order valence-electron chi connectivity index (χ4n) is 1.06. The van der Waals surface area contributed by atoms with Gasteiger partial charge in [0.15, 0.2) is 0 Å². The Bertz CT molecular complexity index is 147. The molecule has 0 atom stereocenters. The Morgan fingerprint density at radius 1 is 1.00 bits per heavy atom. The Morgan fingerprint density at radius 3 is 1.71 bits per heavy atom. The zero-order chi connectivity index (χ0) is 10.9. The highest BCUT2D eigenvalue weighted by Gasteiger charge is 2.37. The van der Waals surface area contributed by atoms with Crippen molar-refractivity contribution in [1.29, 1.82) is 0 Å². The minimum atomic E-state index is -2.53. The summed E-state index contributed by atoms with van der Waals surface area (Å²) < 4.78 is 16.8.